The molecule has 106 valence electrons. The van der Waals surface area contributed by atoms with Gasteiger partial charge in [0.05, 0.1) is 12.5 Å². The van der Waals surface area contributed by atoms with Crippen molar-refractivity contribution < 1.29 is 9.59 Å². The van der Waals surface area contributed by atoms with E-state index < -0.39 is 0 Å². The van der Waals surface area contributed by atoms with Crippen molar-refractivity contribution in [1.82, 2.24) is 10.2 Å². The molecule has 1 aromatic carbocycles. The Morgan fingerprint density at radius 1 is 1.25 bits per heavy atom. The van der Waals surface area contributed by atoms with Gasteiger partial charge in [0.1, 0.15) is 0 Å². The minimum atomic E-state index is -0.322. The molecule has 20 heavy (non-hydrogen) atoms. The van der Waals surface area contributed by atoms with Crippen LogP contribution in [0.5, 0.6) is 0 Å². The highest BCUT2D eigenvalue weighted by molar-refractivity contribution is 9.10. The van der Waals surface area contributed by atoms with E-state index >= 15 is 0 Å². The summed E-state index contributed by atoms with van der Waals surface area (Å²) in [5.74, 6) is 0.349. The summed E-state index contributed by atoms with van der Waals surface area (Å²) in [6, 6.07) is 8.28. The van der Waals surface area contributed by atoms with E-state index in [-0.39, 0.29) is 17.9 Å². The third-order valence-corrected chi connectivity index (χ3v) is 5.02. The molecule has 0 radical (unpaired) electrons. The Morgan fingerprint density at radius 2 is 1.95 bits per heavy atom. The zero-order chi connectivity index (χ0) is 14.3. The molecule has 1 aliphatic heterocycles. The number of rotatable bonds is 3. The van der Waals surface area contributed by atoms with Gasteiger partial charge in [-0.05, 0) is 30.4 Å². The molecule has 2 amide bonds. The molecule has 3 rings (SSSR count). The van der Waals surface area contributed by atoms with Gasteiger partial charge >= 0.3 is 0 Å². The van der Waals surface area contributed by atoms with Crippen LogP contribution in [0, 0.1) is 0 Å². The first-order valence-corrected chi connectivity index (χ1v) is 7.66. The van der Waals surface area contributed by atoms with Crippen molar-refractivity contribution in [2.45, 2.75) is 37.3 Å². The molecule has 0 aromatic heterocycles. The van der Waals surface area contributed by atoms with Gasteiger partial charge < -0.3 is 5.32 Å². The number of halogens is 1. The predicted molar refractivity (Wildman–Crippen MR) is 79.2 cm³/mol. The van der Waals surface area contributed by atoms with Crippen LogP contribution >= 0.6 is 15.9 Å². The standard InChI is InChI=1S/C15H17BrN2O2/c1-18-14(19)8-13(15(18)20)17-10-6-9(7-10)11-4-2-3-5-12(11)16/h2-5,9-10,13,17H,6-8H2,1H3. The lowest BCUT2D eigenvalue weighted by molar-refractivity contribution is -0.137. The molecule has 1 aliphatic carbocycles. The van der Waals surface area contributed by atoms with Gasteiger partial charge in [0.2, 0.25) is 11.8 Å². The predicted octanol–water partition coefficient (Wildman–Crippen LogP) is 2.04. The van der Waals surface area contributed by atoms with Crippen molar-refractivity contribution in [1.29, 1.82) is 0 Å². The average molecular weight is 337 g/mol. The van der Waals surface area contributed by atoms with Gasteiger partial charge in [0, 0.05) is 17.6 Å². The van der Waals surface area contributed by atoms with Gasteiger partial charge in [-0.25, -0.2) is 0 Å². The Balaban J connectivity index is 1.56. The maximum Gasteiger partial charge on any atom is 0.246 e. The fourth-order valence-electron chi connectivity index (χ4n) is 2.98. The molecule has 1 saturated heterocycles. The van der Waals surface area contributed by atoms with Gasteiger partial charge in [0.25, 0.3) is 0 Å². The molecule has 5 heteroatoms. The number of imide groups is 1. The summed E-state index contributed by atoms with van der Waals surface area (Å²) in [5, 5.41) is 3.32. The first kappa shape index (κ1) is 13.8. The molecule has 0 spiro atoms. The lowest BCUT2D eigenvalue weighted by atomic mass is 9.75. The largest absolute Gasteiger partial charge is 0.303 e. The van der Waals surface area contributed by atoms with Crippen molar-refractivity contribution in [2.24, 2.45) is 0 Å². The fourth-order valence-corrected chi connectivity index (χ4v) is 3.59. The molecule has 1 aromatic rings. The number of carbonyl (C=O) groups excluding carboxylic acids is 2. The van der Waals surface area contributed by atoms with E-state index in [0.717, 1.165) is 17.3 Å². The SMILES string of the molecule is CN1C(=O)CC(NC2CC(c3ccccc3Br)C2)C1=O. The number of nitrogens with zero attached hydrogens (tertiary/aromatic N) is 1. The zero-order valence-electron chi connectivity index (χ0n) is 11.3. The van der Waals surface area contributed by atoms with E-state index in [0.29, 0.717) is 18.4 Å². The Kier molecular flexibility index (Phi) is 3.65. The van der Waals surface area contributed by atoms with Gasteiger partial charge in [-0.15, -0.1) is 0 Å². The number of amides is 2. The Hall–Kier alpha value is -1.20. The first-order chi connectivity index (χ1) is 9.56. The van der Waals surface area contributed by atoms with Crippen molar-refractivity contribution >= 4 is 27.7 Å². The van der Waals surface area contributed by atoms with Crippen molar-refractivity contribution in [3.05, 3.63) is 34.3 Å². The third-order valence-electron chi connectivity index (χ3n) is 4.30. The lowest BCUT2D eigenvalue weighted by Gasteiger charge is -2.38. The fraction of sp³-hybridized carbons (Fsp3) is 0.467. The molecule has 2 fully saturated rings. The molecule has 1 unspecified atom stereocenters. The number of carbonyl (C=O) groups is 2. The van der Waals surface area contributed by atoms with E-state index in [9.17, 15) is 9.59 Å². The van der Waals surface area contributed by atoms with E-state index in [1.807, 2.05) is 6.07 Å². The van der Waals surface area contributed by atoms with Crippen LogP contribution in [0.4, 0.5) is 0 Å². The Bertz CT molecular complexity index is 555. The van der Waals surface area contributed by atoms with Crippen molar-refractivity contribution in [3.8, 4) is 0 Å². The number of nitrogens with one attached hydrogen (secondary N) is 1. The van der Waals surface area contributed by atoms with Gasteiger partial charge in [-0.3, -0.25) is 14.5 Å². The number of hydrogen-bond donors (Lipinski definition) is 1. The van der Waals surface area contributed by atoms with Crippen molar-refractivity contribution in [2.75, 3.05) is 7.05 Å². The molecular formula is C15H17BrN2O2. The minimum absolute atomic E-state index is 0.0887. The Labute approximate surface area is 126 Å². The summed E-state index contributed by atoms with van der Waals surface area (Å²) in [6.45, 7) is 0. The van der Waals surface area contributed by atoms with E-state index in [1.165, 1.54) is 10.5 Å². The highest BCUT2D eigenvalue weighted by Crippen LogP contribution is 2.40. The first-order valence-electron chi connectivity index (χ1n) is 6.87. The van der Waals surface area contributed by atoms with Crippen LogP contribution in [0.15, 0.2) is 28.7 Å². The molecule has 1 saturated carbocycles. The van der Waals surface area contributed by atoms with Crippen LogP contribution in [0.2, 0.25) is 0 Å². The summed E-state index contributed by atoms with van der Waals surface area (Å²) in [5.41, 5.74) is 1.33. The summed E-state index contributed by atoms with van der Waals surface area (Å²) >= 11 is 3.58. The summed E-state index contributed by atoms with van der Waals surface area (Å²) < 4.78 is 1.15. The smallest absolute Gasteiger partial charge is 0.246 e. The van der Waals surface area contributed by atoms with E-state index in [2.05, 4.69) is 39.4 Å². The quantitative estimate of drug-likeness (QED) is 0.859. The second kappa shape index (κ2) is 5.30. The number of likely N-dealkylation sites (tertiary alicyclic amines) is 1. The number of hydrogen-bond acceptors (Lipinski definition) is 3. The monoisotopic (exact) mass is 336 g/mol. The van der Waals surface area contributed by atoms with E-state index in [1.54, 1.807) is 7.05 Å². The minimum Gasteiger partial charge on any atom is -0.303 e. The van der Waals surface area contributed by atoms with Crippen LogP contribution in [-0.4, -0.2) is 35.8 Å². The van der Waals surface area contributed by atoms with Crippen LogP contribution in [0.3, 0.4) is 0 Å². The second-order valence-corrected chi connectivity index (χ2v) is 6.46. The van der Waals surface area contributed by atoms with Gasteiger partial charge in [-0.1, -0.05) is 34.1 Å². The third kappa shape index (κ3) is 2.40. The topological polar surface area (TPSA) is 49.4 Å². The lowest BCUT2D eigenvalue weighted by Crippen LogP contribution is -2.48. The average Bonchev–Trinajstić information content (AvgIpc) is 2.62. The number of likely N-dealkylation sites (N-methyl/N-ethyl adjacent to an activating group) is 1. The molecule has 0 bridgehead atoms. The van der Waals surface area contributed by atoms with E-state index in [4.69, 9.17) is 0 Å². The molecule has 1 N–H and O–H groups in total. The van der Waals surface area contributed by atoms with Crippen LogP contribution in [0.25, 0.3) is 0 Å². The van der Waals surface area contributed by atoms with Crippen molar-refractivity contribution in [3.63, 3.8) is 0 Å². The number of benzene rings is 1. The van der Waals surface area contributed by atoms with Gasteiger partial charge in [0.15, 0.2) is 0 Å². The molecule has 4 nitrogen and oxygen atoms in total. The summed E-state index contributed by atoms with van der Waals surface area (Å²) in [4.78, 5) is 24.5. The molecule has 1 atom stereocenters. The summed E-state index contributed by atoms with van der Waals surface area (Å²) in [6.07, 6.45) is 2.33. The maximum atomic E-state index is 11.8. The molecule has 2 aliphatic rings. The van der Waals surface area contributed by atoms with Crippen LogP contribution < -0.4 is 5.32 Å². The molecule has 1 heterocycles. The molecular weight excluding hydrogens is 320 g/mol. The normalized spacial score (nSPS) is 29.7. The Morgan fingerprint density at radius 3 is 2.55 bits per heavy atom. The van der Waals surface area contributed by atoms with Crippen LogP contribution in [0.1, 0.15) is 30.7 Å². The van der Waals surface area contributed by atoms with Crippen LogP contribution in [-0.2, 0) is 9.59 Å². The second-order valence-electron chi connectivity index (χ2n) is 5.60. The summed E-state index contributed by atoms with van der Waals surface area (Å²) in [7, 11) is 1.55. The highest BCUT2D eigenvalue weighted by Gasteiger charge is 2.40. The highest BCUT2D eigenvalue weighted by atomic mass is 79.9. The zero-order valence-corrected chi connectivity index (χ0v) is 12.9. The maximum absolute atomic E-state index is 11.8. The van der Waals surface area contributed by atoms with Gasteiger partial charge in [-0.2, -0.15) is 0 Å².